The van der Waals surface area contributed by atoms with E-state index in [2.05, 4.69) is 6.92 Å². The van der Waals surface area contributed by atoms with Crippen LogP contribution in [0.4, 0.5) is 0 Å². The molecule has 0 unspecified atom stereocenters. The van der Waals surface area contributed by atoms with Crippen molar-refractivity contribution >= 4 is 0 Å². The molecule has 1 heteroatoms. The Hall–Kier alpha value is -0.0400. The van der Waals surface area contributed by atoms with E-state index in [4.69, 9.17) is 0 Å². The molecule has 1 nitrogen and oxygen atoms in total. The summed E-state index contributed by atoms with van der Waals surface area (Å²) in [5.41, 5.74) is 0.338. The molecule has 0 amide bonds. The maximum absolute atomic E-state index is 9.46. The van der Waals surface area contributed by atoms with E-state index < -0.39 is 0 Å². The van der Waals surface area contributed by atoms with Crippen LogP contribution in [0.25, 0.3) is 0 Å². The Morgan fingerprint density at radius 3 is 2.13 bits per heavy atom. The minimum absolute atomic E-state index is 0.338. The van der Waals surface area contributed by atoms with Crippen LogP contribution in [0.3, 0.4) is 0 Å². The zero-order valence-corrected chi connectivity index (χ0v) is 10.4. The predicted octanol–water partition coefficient (Wildman–Crippen LogP) is 4.29. The van der Waals surface area contributed by atoms with Gasteiger partial charge in [-0.2, -0.15) is 0 Å². The Kier molecular flexibility index (Phi) is 6.31. The molecule has 1 N–H and O–H groups in total. The van der Waals surface area contributed by atoms with Crippen LogP contribution < -0.4 is 0 Å². The van der Waals surface area contributed by atoms with Crippen LogP contribution in [-0.4, -0.2) is 11.7 Å². The summed E-state index contributed by atoms with van der Waals surface area (Å²) >= 11 is 0. The van der Waals surface area contributed by atoms with Crippen molar-refractivity contribution in [1.29, 1.82) is 0 Å². The molecule has 0 aromatic heterocycles. The van der Waals surface area contributed by atoms with Gasteiger partial charge in [0.05, 0.1) is 0 Å². The van der Waals surface area contributed by atoms with E-state index >= 15 is 0 Å². The van der Waals surface area contributed by atoms with Gasteiger partial charge in [-0.15, -0.1) is 0 Å². The number of hydrogen-bond acceptors (Lipinski definition) is 1. The first kappa shape index (κ1) is 13.0. The fourth-order valence-electron chi connectivity index (χ4n) is 2.89. The molecule has 90 valence electrons. The predicted molar refractivity (Wildman–Crippen MR) is 66.0 cm³/mol. The second-order valence-electron chi connectivity index (χ2n) is 5.38. The van der Waals surface area contributed by atoms with Gasteiger partial charge in [0.1, 0.15) is 0 Å². The lowest BCUT2D eigenvalue weighted by Gasteiger charge is -2.26. The Labute approximate surface area is 95.3 Å². The number of aliphatic hydroxyl groups is 1. The normalized spacial score (nSPS) is 19.6. The summed E-state index contributed by atoms with van der Waals surface area (Å²) in [5, 5.41) is 9.46. The van der Waals surface area contributed by atoms with Crippen molar-refractivity contribution in [2.24, 2.45) is 5.41 Å². The molecule has 15 heavy (non-hydrogen) atoms. The first-order chi connectivity index (χ1) is 7.33. The highest BCUT2D eigenvalue weighted by molar-refractivity contribution is 4.83. The molecule has 0 aromatic rings. The summed E-state index contributed by atoms with van der Waals surface area (Å²) in [6.45, 7) is 2.70. The van der Waals surface area contributed by atoms with Crippen LogP contribution in [0, 0.1) is 5.41 Å². The van der Waals surface area contributed by atoms with Gasteiger partial charge in [-0.05, 0) is 24.7 Å². The molecule has 0 radical (unpaired) electrons. The van der Waals surface area contributed by atoms with Crippen LogP contribution in [0.1, 0.15) is 77.6 Å². The van der Waals surface area contributed by atoms with E-state index in [1.165, 1.54) is 70.6 Å². The van der Waals surface area contributed by atoms with Crippen molar-refractivity contribution in [3.05, 3.63) is 0 Å². The van der Waals surface area contributed by atoms with Crippen LogP contribution in [-0.2, 0) is 0 Å². The molecule has 1 saturated carbocycles. The van der Waals surface area contributed by atoms with Gasteiger partial charge in [0.15, 0.2) is 0 Å². The van der Waals surface area contributed by atoms with Gasteiger partial charge in [-0.25, -0.2) is 0 Å². The van der Waals surface area contributed by atoms with E-state index in [0.717, 1.165) is 0 Å². The van der Waals surface area contributed by atoms with Crippen molar-refractivity contribution < 1.29 is 5.11 Å². The van der Waals surface area contributed by atoms with Crippen molar-refractivity contribution in [3.8, 4) is 0 Å². The van der Waals surface area contributed by atoms with Gasteiger partial charge in [-0.1, -0.05) is 58.3 Å². The van der Waals surface area contributed by atoms with Gasteiger partial charge >= 0.3 is 0 Å². The molecule has 1 fully saturated rings. The monoisotopic (exact) mass is 212 g/mol. The van der Waals surface area contributed by atoms with Crippen molar-refractivity contribution in [2.75, 3.05) is 6.61 Å². The average molecular weight is 212 g/mol. The summed E-state index contributed by atoms with van der Waals surface area (Å²) in [5.74, 6) is 0. The topological polar surface area (TPSA) is 20.2 Å². The van der Waals surface area contributed by atoms with E-state index in [-0.39, 0.29) is 0 Å². The van der Waals surface area contributed by atoms with E-state index in [1.54, 1.807) is 0 Å². The Morgan fingerprint density at radius 2 is 1.53 bits per heavy atom. The average Bonchev–Trinajstić information content (AvgIpc) is 2.73. The van der Waals surface area contributed by atoms with Crippen LogP contribution in [0.15, 0.2) is 0 Å². The lowest BCUT2D eigenvalue weighted by Crippen LogP contribution is -2.21. The lowest BCUT2D eigenvalue weighted by molar-refractivity contribution is 0.117. The van der Waals surface area contributed by atoms with Gasteiger partial charge in [-0.3, -0.25) is 0 Å². The summed E-state index contributed by atoms with van der Waals surface area (Å²) < 4.78 is 0. The molecule has 0 aliphatic heterocycles. The summed E-state index contributed by atoms with van der Waals surface area (Å²) in [6, 6.07) is 0. The van der Waals surface area contributed by atoms with Crippen molar-refractivity contribution in [2.45, 2.75) is 77.6 Å². The summed E-state index contributed by atoms with van der Waals surface area (Å²) in [6.07, 6.45) is 14.8. The van der Waals surface area contributed by atoms with Crippen molar-refractivity contribution in [3.63, 3.8) is 0 Å². The standard InChI is InChI=1S/C14H28O/c1-2-3-4-5-6-7-10-14(13-15)11-8-9-12-14/h15H,2-13H2,1H3. The maximum Gasteiger partial charge on any atom is 0.0487 e. The molecule has 1 aliphatic carbocycles. The molecule has 0 spiro atoms. The first-order valence-corrected chi connectivity index (χ1v) is 6.94. The van der Waals surface area contributed by atoms with E-state index in [1.807, 2.05) is 0 Å². The fraction of sp³-hybridized carbons (Fsp3) is 1.00. The van der Waals surface area contributed by atoms with Gasteiger partial charge in [0, 0.05) is 6.61 Å². The van der Waals surface area contributed by atoms with Crippen LogP contribution >= 0.6 is 0 Å². The third-order valence-electron chi connectivity index (χ3n) is 4.06. The SMILES string of the molecule is CCCCCCCCC1(CO)CCCC1. The van der Waals surface area contributed by atoms with Gasteiger partial charge in [0.25, 0.3) is 0 Å². The highest BCUT2D eigenvalue weighted by Gasteiger charge is 2.32. The minimum atomic E-state index is 0.338. The second-order valence-corrected chi connectivity index (χ2v) is 5.38. The van der Waals surface area contributed by atoms with Crippen molar-refractivity contribution in [1.82, 2.24) is 0 Å². The molecule has 1 rings (SSSR count). The van der Waals surface area contributed by atoms with Gasteiger partial charge in [0.2, 0.25) is 0 Å². The zero-order valence-electron chi connectivity index (χ0n) is 10.4. The Balaban J connectivity index is 2.02. The third kappa shape index (κ3) is 4.55. The van der Waals surface area contributed by atoms with Crippen LogP contribution in [0.2, 0.25) is 0 Å². The van der Waals surface area contributed by atoms with E-state index in [9.17, 15) is 5.11 Å². The third-order valence-corrected chi connectivity index (χ3v) is 4.06. The molecule has 0 aromatic carbocycles. The summed E-state index contributed by atoms with van der Waals surface area (Å²) in [4.78, 5) is 0. The number of aliphatic hydroxyl groups excluding tert-OH is 1. The highest BCUT2D eigenvalue weighted by atomic mass is 16.3. The highest BCUT2D eigenvalue weighted by Crippen LogP contribution is 2.41. The molecule has 0 atom stereocenters. The minimum Gasteiger partial charge on any atom is -0.396 e. The Morgan fingerprint density at radius 1 is 0.933 bits per heavy atom. The number of rotatable bonds is 8. The lowest BCUT2D eigenvalue weighted by atomic mass is 9.82. The van der Waals surface area contributed by atoms with E-state index in [0.29, 0.717) is 12.0 Å². The Bertz CT molecular complexity index is 147. The maximum atomic E-state index is 9.46. The molecular weight excluding hydrogens is 184 g/mol. The molecule has 0 bridgehead atoms. The number of unbranched alkanes of at least 4 members (excludes halogenated alkanes) is 5. The molecular formula is C14H28O. The summed E-state index contributed by atoms with van der Waals surface area (Å²) in [7, 11) is 0. The fourth-order valence-corrected chi connectivity index (χ4v) is 2.89. The molecule has 0 saturated heterocycles. The molecule has 0 heterocycles. The van der Waals surface area contributed by atoms with Crippen LogP contribution in [0.5, 0.6) is 0 Å². The zero-order chi connectivity index (χ0) is 11.0. The van der Waals surface area contributed by atoms with Gasteiger partial charge < -0.3 is 5.11 Å². The largest absolute Gasteiger partial charge is 0.396 e. The second kappa shape index (κ2) is 7.27. The molecule has 1 aliphatic rings. The quantitative estimate of drug-likeness (QED) is 0.595. The number of hydrogen-bond donors (Lipinski definition) is 1. The first-order valence-electron chi connectivity index (χ1n) is 6.94. The smallest absolute Gasteiger partial charge is 0.0487 e.